The molecular formula is C20H30N2O4. The summed E-state index contributed by atoms with van der Waals surface area (Å²) in [6.45, 7) is 1.67. The van der Waals surface area contributed by atoms with Crippen molar-refractivity contribution in [1.82, 2.24) is 5.32 Å². The van der Waals surface area contributed by atoms with Crippen molar-refractivity contribution in [3.8, 4) is 0 Å². The molecule has 144 valence electrons. The summed E-state index contributed by atoms with van der Waals surface area (Å²) in [7, 11) is 0. The minimum absolute atomic E-state index is 0.142. The summed E-state index contributed by atoms with van der Waals surface area (Å²) in [5, 5.41) is 12.7. The van der Waals surface area contributed by atoms with E-state index in [2.05, 4.69) is 5.32 Å². The molecule has 0 aliphatic heterocycles. The minimum atomic E-state index is -1.32. The van der Waals surface area contributed by atoms with E-state index in [0.717, 1.165) is 18.4 Å². The number of aliphatic hydroxyl groups excluding tert-OH is 1. The van der Waals surface area contributed by atoms with Gasteiger partial charge in [-0.1, -0.05) is 62.4 Å². The Morgan fingerprint density at radius 2 is 1.88 bits per heavy atom. The van der Waals surface area contributed by atoms with Crippen LogP contribution in [-0.2, 0) is 20.9 Å². The van der Waals surface area contributed by atoms with Gasteiger partial charge in [0.1, 0.15) is 18.8 Å². The molecule has 0 bridgehead atoms. The Kier molecular flexibility index (Phi) is 8.06. The van der Waals surface area contributed by atoms with Crippen molar-refractivity contribution in [2.45, 2.75) is 70.2 Å². The molecular weight excluding hydrogens is 332 g/mol. The number of nitrogens with one attached hydrogen (secondary N) is 1. The molecule has 26 heavy (non-hydrogen) atoms. The van der Waals surface area contributed by atoms with Gasteiger partial charge in [0.15, 0.2) is 0 Å². The summed E-state index contributed by atoms with van der Waals surface area (Å²) in [5.41, 5.74) is 6.88. The highest BCUT2D eigenvalue weighted by atomic mass is 16.5. The average molecular weight is 362 g/mol. The molecule has 1 aromatic rings. The molecule has 0 heterocycles. The first-order valence-corrected chi connectivity index (χ1v) is 9.42. The SMILES string of the molecule is CC(NC(=O)C(O)[C@H](N)CC1CCCCC1)C(=O)OCc1ccccc1. The van der Waals surface area contributed by atoms with Gasteiger partial charge in [0.05, 0.1) is 0 Å². The zero-order chi connectivity index (χ0) is 18.9. The molecule has 3 atom stereocenters. The third-order valence-electron chi connectivity index (χ3n) is 4.94. The first kappa shape index (κ1) is 20.4. The number of carbonyl (C=O) groups excluding carboxylic acids is 2. The molecule has 2 rings (SSSR count). The molecule has 2 unspecified atom stereocenters. The Labute approximate surface area is 155 Å². The van der Waals surface area contributed by atoms with E-state index in [-0.39, 0.29) is 6.61 Å². The number of nitrogens with two attached hydrogens (primary N) is 1. The van der Waals surface area contributed by atoms with Crippen molar-refractivity contribution in [3.05, 3.63) is 35.9 Å². The van der Waals surface area contributed by atoms with Crippen LogP contribution in [0.25, 0.3) is 0 Å². The highest BCUT2D eigenvalue weighted by Gasteiger charge is 2.28. The Bertz CT molecular complexity index is 572. The molecule has 1 aliphatic carbocycles. The lowest BCUT2D eigenvalue weighted by molar-refractivity contribution is -0.149. The van der Waals surface area contributed by atoms with Crippen LogP contribution < -0.4 is 11.1 Å². The Balaban J connectivity index is 1.74. The molecule has 0 aromatic heterocycles. The Hall–Kier alpha value is -1.92. The van der Waals surface area contributed by atoms with E-state index in [0.29, 0.717) is 12.3 Å². The van der Waals surface area contributed by atoms with Crippen molar-refractivity contribution < 1.29 is 19.4 Å². The standard InChI is InChI=1S/C20H30N2O4/c1-14(20(25)26-13-16-10-6-3-7-11-16)22-19(24)18(23)17(21)12-15-8-4-2-5-9-15/h3,6-7,10-11,14-15,17-18,23H,2,4-5,8-9,12-13,21H2,1H3,(H,22,24)/t14?,17-,18?/m1/s1. The largest absolute Gasteiger partial charge is 0.459 e. The monoisotopic (exact) mass is 362 g/mol. The van der Waals surface area contributed by atoms with Gasteiger partial charge in [-0.05, 0) is 24.8 Å². The molecule has 0 spiro atoms. The van der Waals surface area contributed by atoms with Crippen LogP contribution in [0.5, 0.6) is 0 Å². The number of amides is 1. The molecule has 6 nitrogen and oxygen atoms in total. The van der Waals surface area contributed by atoms with Crippen LogP contribution in [0.15, 0.2) is 30.3 Å². The number of hydrogen-bond donors (Lipinski definition) is 3. The van der Waals surface area contributed by atoms with Crippen LogP contribution in [-0.4, -0.2) is 35.2 Å². The summed E-state index contributed by atoms with van der Waals surface area (Å²) in [6.07, 6.45) is 5.13. The predicted molar refractivity (Wildman–Crippen MR) is 99.0 cm³/mol. The van der Waals surface area contributed by atoms with Crippen LogP contribution in [0.2, 0.25) is 0 Å². The van der Waals surface area contributed by atoms with E-state index in [1.807, 2.05) is 30.3 Å². The maximum absolute atomic E-state index is 12.2. The van der Waals surface area contributed by atoms with Gasteiger partial charge in [-0.3, -0.25) is 4.79 Å². The first-order valence-electron chi connectivity index (χ1n) is 9.42. The maximum Gasteiger partial charge on any atom is 0.328 e. The zero-order valence-electron chi connectivity index (χ0n) is 15.4. The number of hydrogen-bond acceptors (Lipinski definition) is 5. The van der Waals surface area contributed by atoms with Crippen molar-refractivity contribution >= 4 is 11.9 Å². The molecule has 0 radical (unpaired) electrons. The third kappa shape index (κ3) is 6.42. The second-order valence-corrected chi connectivity index (χ2v) is 7.17. The molecule has 1 saturated carbocycles. The van der Waals surface area contributed by atoms with E-state index in [1.165, 1.54) is 26.2 Å². The fourth-order valence-electron chi connectivity index (χ4n) is 3.34. The number of carbonyl (C=O) groups is 2. The van der Waals surface area contributed by atoms with Crippen LogP contribution in [0, 0.1) is 5.92 Å². The maximum atomic E-state index is 12.2. The lowest BCUT2D eigenvalue weighted by atomic mass is 9.84. The quantitative estimate of drug-likeness (QED) is 0.613. The van der Waals surface area contributed by atoms with Gasteiger partial charge in [0.25, 0.3) is 5.91 Å². The second-order valence-electron chi connectivity index (χ2n) is 7.17. The van der Waals surface area contributed by atoms with E-state index in [4.69, 9.17) is 10.5 Å². The van der Waals surface area contributed by atoms with Gasteiger partial charge >= 0.3 is 5.97 Å². The van der Waals surface area contributed by atoms with Crippen LogP contribution in [0.4, 0.5) is 0 Å². The normalized spacial score (nSPS) is 18.6. The summed E-state index contributed by atoms with van der Waals surface area (Å²) >= 11 is 0. The van der Waals surface area contributed by atoms with Gasteiger partial charge in [-0.25, -0.2) is 4.79 Å². The molecule has 4 N–H and O–H groups in total. The predicted octanol–water partition coefficient (Wildman–Crippen LogP) is 1.89. The topological polar surface area (TPSA) is 102 Å². The van der Waals surface area contributed by atoms with Gasteiger partial charge in [-0.15, -0.1) is 0 Å². The highest BCUT2D eigenvalue weighted by Crippen LogP contribution is 2.27. The van der Waals surface area contributed by atoms with E-state index in [1.54, 1.807) is 0 Å². The Morgan fingerprint density at radius 1 is 1.23 bits per heavy atom. The minimum Gasteiger partial charge on any atom is -0.459 e. The highest BCUT2D eigenvalue weighted by molar-refractivity contribution is 5.87. The van der Waals surface area contributed by atoms with E-state index in [9.17, 15) is 14.7 Å². The molecule has 1 fully saturated rings. The van der Waals surface area contributed by atoms with Crippen molar-refractivity contribution in [2.24, 2.45) is 11.7 Å². The molecule has 1 aromatic carbocycles. The fraction of sp³-hybridized carbons (Fsp3) is 0.600. The van der Waals surface area contributed by atoms with E-state index < -0.39 is 30.1 Å². The lowest BCUT2D eigenvalue weighted by Crippen LogP contribution is -2.51. The Morgan fingerprint density at radius 3 is 2.54 bits per heavy atom. The van der Waals surface area contributed by atoms with Gasteiger partial charge in [0.2, 0.25) is 0 Å². The summed E-state index contributed by atoms with van der Waals surface area (Å²) in [4.78, 5) is 24.2. The summed E-state index contributed by atoms with van der Waals surface area (Å²) < 4.78 is 5.19. The summed E-state index contributed by atoms with van der Waals surface area (Å²) in [5.74, 6) is -0.706. The number of esters is 1. The van der Waals surface area contributed by atoms with Crippen molar-refractivity contribution in [1.29, 1.82) is 0 Å². The molecule has 6 heteroatoms. The van der Waals surface area contributed by atoms with E-state index >= 15 is 0 Å². The summed E-state index contributed by atoms with van der Waals surface area (Å²) in [6, 6.07) is 7.84. The fourth-order valence-corrected chi connectivity index (χ4v) is 3.34. The van der Waals surface area contributed by atoms with Gasteiger partial charge < -0.3 is 20.9 Å². The number of aliphatic hydroxyl groups is 1. The number of benzene rings is 1. The lowest BCUT2D eigenvalue weighted by Gasteiger charge is -2.27. The van der Waals surface area contributed by atoms with Crippen LogP contribution in [0.1, 0.15) is 51.0 Å². The molecule has 1 amide bonds. The van der Waals surface area contributed by atoms with Crippen molar-refractivity contribution in [3.63, 3.8) is 0 Å². The van der Waals surface area contributed by atoms with Crippen LogP contribution >= 0.6 is 0 Å². The first-order chi connectivity index (χ1) is 12.5. The molecule has 1 aliphatic rings. The number of rotatable bonds is 8. The average Bonchev–Trinajstić information content (AvgIpc) is 2.66. The zero-order valence-corrected chi connectivity index (χ0v) is 15.4. The van der Waals surface area contributed by atoms with Crippen LogP contribution in [0.3, 0.4) is 0 Å². The third-order valence-corrected chi connectivity index (χ3v) is 4.94. The second kappa shape index (κ2) is 10.3. The van der Waals surface area contributed by atoms with Gasteiger partial charge in [0, 0.05) is 6.04 Å². The van der Waals surface area contributed by atoms with Crippen molar-refractivity contribution in [2.75, 3.05) is 0 Å². The smallest absolute Gasteiger partial charge is 0.328 e. The van der Waals surface area contributed by atoms with Gasteiger partial charge in [-0.2, -0.15) is 0 Å². The molecule has 0 saturated heterocycles. The number of ether oxygens (including phenoxy) is 1.